The molecule has 1 atom stereocenters. The first-order chi connectivity index (χ1) is 8.43. The van der Waals surface area contributed by atoms with Crippen LogP contribution in [0.1, 0.15) is 30.0 Å². The van der Waals surface area contributed by atoms with E-state index in [2.05, 4.69) is 0 Å². The molecule has 5 heteroatoms. The van der Waals surface area contributed by atoms with Crippen LogP contribution in [0.4, 0.5) is 0 Å². The molecular weight excluding hydrogens is 250 g/mol. The number of aliphatic carboxylic acids is 1. The standard InChI is InChI=1S/C13H19NO3S/c1-4-9(2)14(8-13(16)17)12(15)7-11-6-5-10(3)18-11/h5-6,9H,4,7-8H2,1-3H3,(H,16,17). The Kier molecular flexibility index (Phi) is 5.34. The van der Waals surface area contributed by atoms with Gasteiger partial charge in [-0.05, 0) is 32.4 Å². The van der Waals surface area contributed by atoms with Gasteiger partial charge in [0.25, 0.3) is 0 Å². The number of carboxylic acids is 1. The molecule has 0 aliphatic carbocycles. The fourth-order valence-electron chi connectivity index (χ4n) is 1.69. The number of carbonyl (C=O) groups is 2. The maximum Gasteiger partial charge on any atom is 0.323 e. The van der Waals surface area contributed by atoms with Crippen LogP contribution in [-0.4, -0.2) is 34.5 Å². The second kappa shape index (κ2) is 6.54. The minimum Gasteiger partial charge on any atom is -0.480 e. The van der Waals surface area contributed by atoms with Crippen molar-refractivity contribution in [3.05, 3.63) is 21.9 Å². The Morgan fingerprint density at radius 2 is 2.11 bits per heavy atom. The molecule has 0 bridgehead atoms. The summed E-state index contributed by atoms with van der Waals surface area (Å²) in [6.07, 6.45) is 1.04. The lowest BCUT2D eigenvalue weighted by molar-refractivity contribution is -0.145. The van der Waals surface area contributed by atoms with Gasteiger partial charge in [-0.3, -0.25) is 9.59 Å². The number of carbonyl (C=O) groups excluding carboxylic acids is 1. The summed E-state index contributed by atoms with van der Waals surface area (Å²) in [5, 5.41) is 8.86. The van der Waals surface area contributed by atoms with Crippen molar-refractivity contribution in [2.24, 2.45) is 0 Å². The van der Waals surface area contributed by atoms with E-state index in [9.17, 15) is 9.59 Å². The lowest BCUT2D eigenvalue weighted by Gasteiger charge is -2.26. The average Bonchev–Trinajstić information content (AvgIpc) is 2.70. The number of hydrogen-bond donors (Lipinski definition) is 1. The van der Waals surface area contributed by atoms with Crippen LogP contribution in [0.15, 0.2) is 12.1 Å². The minimum absolute atomic E-state index is 0.0466. The van der Waals surface area contributed by atoms with E-state index in [-0.39, 0.29) is 24.9 Å². The van der Waals surface area contributed by atoms with E-state index in [0.29, 0.717) is 0 Å². The smallest absolute Gasteiger partial charge is 0.323 e. The van der Waals surface area contributed by atoms with Gasteiger partial charge in [0.15, 0.2) is 0 Å². The summed E-state index contributed by atoms with van der Waals surface area (Å²) in [6, 6.07) is 3.85. The second-order valence-corrected chi connectivity index (χ2v) is 5.73. The fourth-order valence-corrected chi connectivity index (χ4v) is 2.57. The lowest BCUT2D eigenvalue weighted by atomic mass is 10.2. The van der Waals surface area contributed by atoms with Crippen LogP contribution in [0.25, 0.3) is 0 Å². The molecule has 4 nitrogen and oxygen atoms in total. The SMILES string of the molecule is CCC(C)N(CC(=O)O)C(=O)Cc1ccc(C)s1. The molecule has 1 unspecified atom stereocenters. The van der Waals surface area contributed by atoms with Crippen molar-refractivity contribution in [1.29, 1.82) is 0 Å². The topological polar surface area (TPSA) is 57.6 Å². The van der Waals surface area contributed by atoms with E-state index in [4.69, 9.17) is 5.11 Å². The van der Waals surface area contributed by atoms with Crippen molar-refractivity contribution in [2.75, 3.05) is 6.54 Å². The summed E-state index contributed by atoms with van der Waals surface area (Å²) >= 11 is 1.58. The minimum atomic E-state index is -0.967. The Morgan fingerprint density at radius 3 is 2.56 bits per heavy atom. The van der Waals surface area contributed by atoms with Gasteiger partial charge in [0.2, 0.25) is 5.91 Å². The van der Waals surface area contributed by atoms with Gasteiger partial charge < -0.3 is 10.0 Å². The quantitative estimate of drug-likeness (QED) is 0.862. The molecule has 1 rings (SSSR count). The van der Waals surface area contributed by atoms with E-state index < -0.39 is 5.97 Å². The van der Waals surface area contributed by atoms with Crippen LogP contribution in [0, 0.1) is 6.92 Å². The van der Waals surface area contributed by atoms with E-state index in [0.717, 1.165) is 16.2 Å². The van der Waals surface area contributed by atoms with Crippen molar-refractivity contribution < 1.29 is 14.7 Å². The molecule has 18 heavy (non-hydrogen) atoms. The zero-order valence-electron chi connectivity index (χ0n) is 11.0. The molecule has 0 radical (unpaired) electrons. The Morgan fingerprint density at radius 1 is 1.44 bits per heavy atom. The largest absolute Gasteiger partial charge is 0.480 e. The Hall–Kier alpha value is -1.36. The summed E-state index contributed by atoms with van der Waals surface area (Å²) < 4.78 is 0. The van der Waals surface area contributed by atoms with Crippen molar-refractivity contribution in [1.82, 2.24) is 4.90 Å². The maximum absolute atomic E-state index is 12.1. The fraction of sp³-hybridized carbons (Fsp3) is 0.538. The zero-order valence-corrected chi connectivity index (χ0v) is 11.8. The summed E-state index contributed by atoms with van der Waals surface area (Å²) in [5.74, 6) is -1.08. The van der Waals surface area contributed by atoms with Crippen molar-refractivity contribution in [3.8, 4) is 0 Å². The molecule has 0 spiro atoms. The maximum atomic E-state index is 12.1. The number of amides is 1. The summed E-state index contributed by atoms with van der Waals surface area (Å²) in [7, 11) is 0. The molecule has 0 saturated carbocycles. The van der Waals surface area contributed by atoms with Gasteiger partial charge in [0.1, 0.15) is 6.54 Å². The van der Waals surface area contributed by atoms with E-state index in [1.54, 1.807) is 11.3 Å². The molecule has 1 aromatic rings. The first-order valence-electron chi connectivity index (χ1n) is 6.00. The lowest BCUT2D eigenvalue weighted by Crippen LogP contribution is -2.42. The molecule has 1 amide bonds. The van der Waals surface area contributed by atoms with Gasteiger partial charge in [-0.2, -0.15) is 0 Å². The monoisotopic (exact) mass is 269 g/mol. The molecule has 0 fully saturated rings. The summed E-state index contributed by atoms with van der Waals surface area (Å²) in [4.78, 5) is 26.5. The Bertz CT molecular complexity index is 428. The van der Waals surface area contributed by atoms with E-state index >= 15 is 0 Å². The molecule has 0 aliphatic heterocycles. The van der Waals surface area contributed by atoms with Gasteiger partial charge in [0, 0.05) is 15.8 Å². The average molecular weight is 269 g/mol. The van der Waals surface area contributed by atoms with E-state index in [1.807, 2.05) is 32.9 Å². The van der Waals surface area contributed by atoms with Crippen LogP contribution in [0.5, 0.6) is 0 Å². The third-order valence-electron chi connectivity index (χ3n) is 2.87. The van der Waals surface area contributed by atoms with Crippen molar-refractivity contribution >= 4 is 23.2 Å². The normalized spacial score (nSPS) is 12.2. The molecule has 100 valence electrons. The Balaban J connectivity index is 2.72. The van der Waals surface area contributed by atoms with Gasteiger partial charge in [-0.1, -0.05) is 6.92 Å². The molecule has 0 saturated heterocycles. The number of thiophene rings is 1. The van der Waals surface area contributed by atoms with Crippen molar-refractivity contribution in [3.63, 3.8) is 0 Å². The highest BCUT2D eigenvalue weighted by Crippen LogP contribution is 2.17. The zero-order chi connectivity index (χ0) is 13.7. The van der Waals surface area contributed by atoms with Gasteiger partial charge in [-0.25, -0.2) is 0 Å². The van der Waals surface area contributed by atoms with Gasteiger partial charge >= 0.3 is 5.97 Å². The first kappa shape index (κ1) is 14.7. The molecular formula is C13H19NO3S. The van der Waals surface area contributed by atoms with Crippen LogP contribution >= 0.6 is 11.3 Å². The van der Waals surface area contributed by atoms with Crippen LogP contribution < -0.4 is 0 Å². The van der Waals surface area contributed by atoms with Gasteiger partial charge in [-0.15, -0.1) is 11.3 Å². The van der Waals surface area contributed by atoms with Crippen LogP contribution in [0.3, 0.4) is 0 Å². The third kappa shape index (κ3) is 4.14. The second-order valence-electron chi connectivity index (χ2n) is 4.36. The third-order valence-corrected chi connectivity index (χ3v) is 3.87. The molecule has 0 aliphatic rings. The van der Waals surface area contributed by atoms with Crippen LogP contribution in [0.2, 0.25) is 0 Å². The summed E-state index contributed by atoms with van der Waals surface area (Å²) in [5.41, 5.74) is 0. The molecule has 1 heterocycles. The Labute approximate surface area is 111 Å². The van der Waals surface area contributed by atoms with Crippen molar-refractivity contribution in [2.45, 2.75) is 39.7 Å². The highest BCUT2D eigenvalue weighted by Gasteiger charge is 2.21. The number of rotatable bonds is 6. The highest BCUT2D eigenvalue weighted by atomic mass is 32.1. The van der Waals surface area contributed by atoms with Crippen LogP contribution in [-0.2, 0) is 16.0 Å². The molecule has 1 aromatic heterocycles. The number of aryl methyl sites for hydroxylation is 1. The predicted octanol–water partition coefficient (Wildman–Crippen LogP) is 2.31. The number of carboxylic acid groups (broad SMARTS) is 1. The first-order valence-corrected chi connectivity index (χ1v) is 6.82. The van der Waals surface area contributed by atoms with E-state index in [1.165, 1.54) is 4.90 Å². The number of nitrogens with zero attached hydrogens (tertiary/aromatic N) is 1. The molecule has 1 N–H and O–H groups in total. The highest BCUT2D eigenvalue weighted by molar-refractivity contribution is 7.12. The summed E-state index contributed by atoms with van der Waals surface area (Å²) in [6.45, 7) is 5.59. The molecule has 0 aromatic carbocycles. The number of hydrogen-bond acceptors (Lipinski definition) is 3. The van der Waals surface area contributed by atoms with Gasteiger partial charge in [0.05, 0.1) is 6.42 Å². The predicted molar refractivity (Wildman–Crippen MR) is 71.9 cm³/mol.